The number of anilines is 3. The van der Waals surface area contributed by atoms with E-state index in [4.69, 9.17) is 10.5 Å². The number of pyridine rings is 1. The molecule has 0 atom stereocenters. The summed E-state index contributed by atoms with van der Waals surface area (Å²) in [5.74, 6) is 1.18. The highest BCUT2D eigenvalue weighted by atomic mass is 32.1. The molecule has 0 unspecified atom stereocenters. The summed E-state index contributed by atoms with van der Waals surface area (Å²) >= 11 is 1.51. The number of aromatic nitrogens is 1. The van der Waals surface area contributed by atoms with E-state index in [0.29, 0.717) is 17.2 Å². The van der Waals surface area contributed by atoms with Crippen molar-refractivity contribution in [1.82, 2.24) is 4.98 Å². The molecule has 2 aromatic carbocycles. The molecule has 4 N–H and O–H groups in total. The lowest BCUT2D eigenvalue weighted by Crippen LogP contribution is -2.19. The van der Waals surface area contributed by atoms with Gasteiger partial charge in [-0.25, -0.2) is 9.78 Å². The Morgan fingerprint density at radius 3 is 2.71 bits per heavy atom. The Kier molecular flexibility index (Phi) is 4.82. The van der Waals surface area contributed by atoms with Gasteiger partial charge in [0.1, 0.15) is 11.6 Å². The number of thiophene rings is 1. The summed E-state index contributed by atoms with van der Waals surface area (Å²) in [5.41, 5.74) is 9.42. The number of rotatable bonds is 4. The van der Waals surface area contributed by atoms with Crippen LogP contribution in [0, 0.1) is 0 Å². The minimum Gasteiger partial charge on any atom is -0.497 e. The van der Waals surface area contributed by atoms with Crippen LogP contribution < -0.4 is 21.1 Å². The average Bonchev–Trinajstić information content (AvgIpc) is 3.17. The van der Waals surface area contributed by atoms with Gasteiger partial charge in [-0.1, -0.05) is 30.3 Å². The second kappa shape index (κ2) is 7.58. The fourth-order valence-corrected chi connectivity index (χ4v) is 4.02. The maximum Gasteiger partial charge on any atom is 0.323 e. The van der Waals surface area contributed by atoms with Crippen molar-refractivity contribution in [1.29, 1.82) is 0 Å². The molecule has 0 saturated heterocycles. The van der Waals surface area contributed by atoms with E-state index >= 15 is 0 Å². The Morgan fingerprint density at radius 1 is 1.11 bits per heavy atom. The zero-order chi connectivity index (χ0) is 19.5. The summed E-state index contributed by atoms with van der Waals surface area (Å²) in [7, 11) is 1.63. The van der Waals surface area contributed by atoms with Crippen molar-refractivity contribution in [3.8, 4) is 16.9 Å². The summed E-state index contributed by atoms with van der Waals surface area (Å²) in [6.45, 7) is 0. The van der Waals surface area contributed by atoms with E-state index in [1.165, 1.54) is 11.3 Å². The molecule has 28 heavy (non-hydrogen) atoms. The van der Waals surface area contributed by atoms with Crippen LogP contribution in [-0.4, -0.2) is 18.1 Å². The number of nitrogens with two attached hydrogens (primary N) is 1. The number of nitrogens with one attached hydrogen (secondary N) is 2. The Morgan fingerprint density at radius 2 is 1.93 bits per heavy atom. The van der Waals surface area contributed by atoms with Gasteiger partial charge in [-0.2, -0.15) is 0 Å². The first-order chi connectivity index (χ1) is 13.7. The molecule has 2 aromatic heterocycles. The summed E-state index contributed by atoms with van der Waals surface area (Å²) < 4.78 is 6.19. The first kappa shape index (κ1) is 17.8. The Hall–Kier alpha value is -3.58. The van der Waals surface area contributed by atoms with E-state index in [0.717, 1.165) is 27.0 Å². The number of hydrogen-bond donors (Lipinski definition) is 3. The molecule has 140 valence electrons. The number of amides is 2. The van der Waals surface area contributed by atoms with Crippen LogP contribution in [0.2, 0.25) is 0 Å². The first-order valence-corrected chi connectivity index (χ1v) is 9.47. The number of carbonyl (C=O) groups is 1. The third-order valence-electron chi connectivity index (χ3n) is 4.29. The van der Waals surface area contributed by atoms with E-state index < -0.39 is 0 Å². The number of nitrogens with zero attached hydrogens (tertiary/aromatic N) is 1. The third kappa shape index (κ3) is 3.47. The Labute approximate surface area is 166 Å². The van der Waals surface area contributed by atoms with Crippen LogP contribution in [0.1, 0.15) is 0 Å². The van der Waals surface area contributed by atoms with Gasteiger partial charge in [0.05, 0.1) is 23.7 Å². The SMILES string of the molecule is COc1cccc(-c2csc3c(NC(=O)Nc4ccccc4)cnc(N)c23)c1. The monoisotopic (exact) mass is 390 g/mol. The maximum absolute atomic E-state index is 12.4. The van der Waals surface area contributed by atoms with Crippen LogP contribution >= 0.6 is 11.3 Å². The van der Waals surface area contributed by atoms with E-state index in [2.05, 4.69) is 15.6 Å². The number of urea groups is 1. The first-order valence-electron chi connectivity index (χ1n) is 8.59. The lowest BCUT2D eigenvalue weighted by Gasteiger charge is -2.10. The number of fused-ring (bicyclic) bond motifs is 1. The predicted molar refractivity (Wildman–Crippen MR) is 115 cm³/mol. The van der Waals surface area contributed by atoms with Crippen LogP contribution in [0.15, 0.2) is 66.2 Å². The normalized spacial score (nSPS) is 10.6. The van der Waals surface area contributed by atoms with Gasteiger partial charge in [0, 0.05) is 22.0 Å². The molecule has 2 heterocycles. The average molecular weight is 390 g/mol. The lowest BCUT2D eigenvalue weighted by molar-refractivity contribution is 0.262. The summed E-state index contributed by atoms with van der Waals surface area (Å²) in [4.78, 5) is 16.7. The fraction of sp³-hybridized carbons (Fsp3) is 0.0476. The van der Waals surface area contributed by atoms with Gasteiger partial charge in [-0.15, -0.1) is 11.3 Å². The highest BCUT2D eigenvalue weighted by Crippen LogP contribution is 2.41. The van der Waals surface area contributed by atoms with Gasteiger partial charge >= 0.3 is 6.03 Å². The molecule has 0 saturated carbocycles. The molecule has 6 nitrogen and oxygen atoms in total. The molecule has 0 aliphatic heterocycles. The molecule has 2 amide bonds. The molecule has 4 aromatic rings. The molecule has 7 heteroatoms. The van der Waals surface area contributed by atoms with Crippen LogP contribution in [0.4, 0.5) is 22.0 Å². The van der Waals surface area contributed by atoms with Gasteiger partial charge in [0.15, 0.2) is 0 Å². The number of ether oxygens (including phenoxy) is 1. The molecule has 0 bridgehead atoms. The van der Waals surface area contributed by atoms with Crippen LogP contribution in [-0.2, 0) is 0 Å². The lowest BCUT2D eigenvalue weighted by atomic mass is 10.0. The van der Waals surface area contributed by atoms with Crippen molar-refractivity contribution in [2.45, 2.75) is 0 Å². The Balaban J connectivity index is 1.68. The number of benzene rings is 2. The highest BCUT2D eigenvalue weighted by Gasteiger charge is 2.16. The fourth-order valence-electron chi connectivity index (χ4n) is 2.97. The molecule has 0 fully saturated rings. The molecule has 0 aliphatic carbocycles. The van der Waals surface area contributed by atoms with Crippen molar-refractivity contribution >= 4 is 44.6 Å². The number of carbonyl (C=O) groups excluding carboxylic acids is 1. The van der Waals surface area contributed by atoms with Crippen molar-refractivity contribution in [2.24, 2.45) is 0 Å². The number of methoxy groups -OCH3 is 1. The molecular formula is C21H18N4O2S. The predicted octanol–water partition coefficient (Wildman–Crippen LogP) is 5.20. The summed E-state index contributed by atoms with van der Waals surface area (Å²) in [6, 6.07) is 16.7. The van der Waals surface area contributed by atoms with Crippen molar-refractivity contribution < 1.29 is 9.53 Å². The van der Waals surface area contributed by atoms with Gasteiger partial charge in [-0.05, 0) is 29.8 Å². The number of nitrogen functional groups attached to an aromatic ring is 1. The molecule has 0 spiro atoms. The van der Waals surface area contributed by atoms with Crippen molar-refractivity contribution in [2.75, 3.05) is 23.5 Å². The maximum atomic E-state index is 12.4. The number of para-hydroxylation sites is 1. The highest BCUT2D eigenvalue weighted by molar-refractivity contribution is 7.18. The Bertz CT molecular complexity index is 1140. The van der Waals surface area contributed by atoms with Crippen LogP contribution in [0.3, 0.4) is 0 Å². The smallest absolute Gasteiger partial charge is 0.323 e. The summed E-state index contributed by atoms with van der Waals surface area (Å²) in [6.07, 6.45) is 1.58. The quantitative estimate of drug-likeness (QED) is 0.447. The molecule has 0 radical (unpaired) electrons. The van der Waals surface area contributed by atoms with E-state index in [-0.39, 0.29) is 6.03 Å². The minimum atomic E-state index is -0.338. The van der Waals surface area contributed by atoms with Gasteiger partial charge < -0.3 is 21.1 Å². The van der Waals surface area contributed by atoms with Gasteiger partial charge in [0.25, 0.3) is 0 Å². The number of hydrogen-bond acceptors (Lipinski definition) is 5. The molecule has 4 rings (SSSR count). The zero-order valence-electron chi connectivity index (χ0n) is 15.1. The van der Waals surface area contributed by atoms with Gasteiger partial charge in [-0.3, -0.25) is 0 Å². The second-order valence-corrected chi connectivity index (χ2v) is 6.97. The van der Waals surface area contributed by atoms with E-state index in [9.17, 15) is 4.79 Å². The topological polar surface area (TPSA) is 89.3 Å². The minimum absolute atomic E-state index is 0.338. The van der Waals surface area contributed by atoms with Crippen molar-refractivity contribution in [3.05, 3.63) is 66.2 Å². The molecule has 0 aliphatic rings. The third-order valence-corrected chi connectivity index (χ3v) is 5.30. The zero-order valence-corrected chi connectivity index (χ0v) is 15.9. The van der Waals surface area contributed by atoms with E-state index in [1.807, 2.05) is 60.0 Å². The standard InChI is InChI=1S/C21H18N4O2S/c1-27-15-9-5-6-13(10-15)16-12-28-19-17(11-23-20(22)18(16)19)25-21(26)24-14-7-3-2-4-8-14/h2-12H,1H3,(H2,22,23)(H2,24,25,26). The largest absolute Gasteiger partial charge is 0.497 e. The van der Waals surface area contributed by atoms with Crippen LogP contribution in [0.25, 0.3) is 21.2 Å². The van der Waals surface area contributed by atoms with Crippen LogP contribution in [0.5, 0.6) is 5.75 Å². The van der Waals surface area contributed by atoms with E-state index in [1.54, 1.807) is 13.3 Å². The second-order valence-electron chi connectivity index (χ2n) is 6.09. The summed E-state index contributed by atoms with van der Waals surface area (Å²) in [5, 5.41) is 8.50. The van der Waals surface area contributed by atoms with Crippen molar-refractivity contribution in [3.63, 3.8) is 0 Å². The molecular weight excluding hydrogens is 372 g/mol. The van der Waals surface area contributed by atoms with Gasteiger partial charge in [0.2, 0.25) is 0 Å².